The zero-order valence-electron chi connectivity index (χ0n) is 17.5. The highest BCUT2D eigenvalue weighted by Crippen LogP contribution is 2.34. The van der Waals surface area contributed by atoms with Crippen molar-refractivity contribution in [2.24, 2.45) is 0 Å². The standard InChI is InChI=1S/C25H34O3/c1-19(2)28-20(3)17-21-7-6-10-25(18-21)27-16-15-26-24-13-11-23(12-14-24)22-8-4-5-9-22/h6-7,10-14,18-20,22H,4-5,8-9,15-17H2,1-3H3. The summed E-state index contributed by atoms with van der Waals surface area (Å²) in [6.07, 6.45) is 6.73. The van der Waals surface area contributed by atoms with Crippen LogP contribution in [0.15, 0.2) is 48.5 Å². The van der Waals surface area contributed by atoms with Crippen LogP contribution in [0.3, 0.4) is 0 Å². The lowest BCUT2D eigenvalue weighted by atomic mass is 9.98. The molecular formula is C25H34O3. The summed E-state index contributed by atoms with van der Waals surface area (Å²) in [5.74, 6) is 2.55. The molecule has 0 saturated heterocycles. The van der Waals surface area contributed by atoms with Crippen LogP contribution in [0.4, 0.5) is 0 Å². The molecule has 0 heterocycles. The SMILES string of the molecule is CC(C)OC(C)Cc1cccc(OCCOc2ccc(C3CCCC3)cc2)c1. The maximum Gasteiger partial charge on any atom is 0.122 e. The normalized spacial score (nSPS) is 15.7. The third-order valence-electron chi connectivity index (χ3n) is 5.25. The first-order valence-electron chi connectivity index (χ1n) is 10.7. The highest BCUT2D eigenvalue weighted by molar-refractivity contribution is 5.30. The van der Waals surface area contributed by atoms with Crippen LogP contribution in [-0.4, -0.2) is 25.4 Å². The molecule has 0 aromatic heterocycles. The fraction of sp³-hybridized carbons (Fsp3) is 0.520. The summed E-state index contributed by atoms with van der Waals surface area (Å²) in [4.78, 5) is 0. The molecule has 152 valence electrons. The minimum absolute atomic E-state index is 0.200. The number of hydrogen-bond acceptors (Lipinski definition) is 3. The van der Waals surface area contributed by atoms with Crippen LogP contribution >= 0.6 is 0 Å². The van der Waals surface area contributed by atoms with Gasteiger partial charge in [0.05, 0.1) is 12.2 Å². The Kier molecular flexibility index (Phi) is 7.79. The van der Waals surface area contributed by atoms with E-state index in [2.05, 4.69) is 57.2 Å². The summed E-state index contributed by atoms with van der Waals surface area (Å²) >= 11 is 0. The predicted octanol–water partition coefficient (Wildman–Crippen LogP) is 6.16. The molecule has 1 aliphatic carbocycles. The van der Waals surface area contributed by atoms with E-state index in [0.29, 0.717) is 13.2 Å². The zero-order chi connectivity index (χ0) is 19.8. The van der Waals surface area contributed by atoms with Crippen LogP contribution < -0.4 is 9.47 Å². The Morgan fingerprint density at radius 1 is 0.857 bits per heavy atom. The Morgan fingerprint density at radius 3 is 2.21 bits per heavy atom. The van der Waals surface area contributed by atoms with Gasteiger partial charge in [0.2, 0.25) is 0 Å². The molecule has 0 N–H and O–H groups in total. The summed E-state index contributed by atoms with van der Waals surface area (Å²) in [6, 6.07) is 16.9. The van der Waals surface area contributed by atoms with E-state index in [1.165, 1.54) is 36.8 Å². The maximum atomic E-state index is 5.87. The van der Waals surface area contributed by atoms with Crippen LogP contribution in [0.5, 0.6) is 11.5 Å². The number of rotatable bonds is 10. The van der Waals surface area contributed by atoms with Crippen molar-refractivity contribution in [2.45, 2.75) is 71.0 Å². The molecule has 2 aromatic carbocycles. The molecule has 1 fully saturated rings. The van der Waals surface area contributed by atoms with E-state index in [9.17, 15) is 0 Å². The minimum atomic E-state index is 0.200. The fourth-order valence-electron chi connectivity index (χ4n) is 4.02. The van der Waals surface area contributed by atoms with E-state index in [1.807, 2.05) is 12.1 Å². The first-order chi connectivity index (χ1) is 13.6. The summed E-state index contributed by atoms with van der Waals surface area (Å²) in [7, 11) is 0. The Bertz CT molecular complexity index is 702. The van der Waals surface area contributed by atoms with Gasteiger partial charge in [0.25, 0.3) is 0 Å². The van der Waals surface area contributed by atoms with E-state index in [4.69, 9.17) is 14.2 Å². The molecule has 0 aliphatic heterocycles. The van der Waals surface area contributed by atoms with Crippen molar-refractivity contribution in [3.05, 3.63) is 59.7 Å². The molecule has 0 spiro atoms. The number of benzene rings is 2. The second-order valence-electron chi connectivity index (χ2n) is 8.09. The van der Waals surface area contributed by atoms with Crippen molar-refractivity contribution >= 4 is 0 Å². The van der Waals surface area contributed by atoms with Crippen molar-refractivity contribution in [3.8, 4) is 11.5 Å². The smallest absolute Gasteiger partial charge is 0.122 e. The van der Waals surface area contributed by atoms with Crippen LogP contribution in [0.2, 0.25) is 0 Å². The third-order valence-corrected chi connectivity index (χ3v) is 5.25. The molecule has 0 amide bonds. The van der Waals surface area contributed by atoms with E-state index < -0.39 is 0 Å². The summed E-state index contributed by atoms with van der Waals surface area (Å²) < 4.78 is 17.5. The van der Waals surface area contributed by atoms with Crippen molar-refractivity contribution in [3.63, 3.8) is 0 Å². The average molecular weight is 383 g/mol. The summed E-state index contributed by atoms with van der Waals surface area (Å²) in [6.45, 7) is 7.32. The largest absolute Gasteiger partial charge is 0.490 e. The lowest BCUT2D eigenvalue weighted by molar-refractivity contribution is 0.0194. The Hall–Kier alpha value is -2.00. The quantitative estimate of drug-likeness (QED) is 0.461. The molecule has 3 heteroatoms. The van der Waals surface area contributed by atoms with Gasteiger partial charge in [0.15, 0.2) is 0 Å². The predicted molar refractivity (Wildman–Crippen MR) is 114 cm³/mol. The van der Waals surface area contributed by atoms with Crippen LogP contribution in [0.1, 0.15) is 63.5 Å². The Morgan fingerprint density at radius 2 is 1.54 bits per heavy atom. The van der Waals surface area contributed by atoms with Crippen molar-refractivity contribution in [1.82, 2.24) is 0 Å². The molecule has 0 bridgehead atoms. The second kappa shape index (κ2) is 10.5. The van der Waals surface area contributed by atoms with E-state index in [0.717, 1.165) is 23.8 Å². The van der Waals surface area contributed by atoms with Crippen molar-refractivity contribution in [1.29, 1.82) is 0 Å². The zero-order valence-corrected chi connectivity index (χ0v) is 17.5. The summed E-state index contributed by atoms with van der Waals surface area (Å²) in [5.41, 5.74) is 2.68. The van der Waals surface area contributed by atoms with E-state index >= 15 is 0 Å². The molecule has 3 rings (SSSR count). The third kappa shape index (κ3) is 6.56. The van der Waals surface area contributed by atoms with Gasteiger partial charge in [-0.1, -0.05) is 37.1 Å². The maximum absolute atomic E-state index is 5.87. The molecule has 2 aromatic rings. The van der Waals surface area contributed by atoms with Crippen molar-refractivity contribution < 1.29 is 14.2 Å². The molecule has 1 aliphatic rings. The fourth-order valence-corrected chi connectivity index (χ4v) is 4.02. The highest BCUT2D eigenvalue weighted by atomic mass is 16.5. The van der Waals surface area contributed by atoms with Crippen LogP contribution in [0, 0.1) is 0 Å². The van der Waals surface area contributed by atoms with E-state index in [1.54, 1.807) is 0 Å². The van der Waals surface area contributed by atoms with Gasteiger partial charge in [0, 0.05) is 0 Å². The van der Waals surface area contributed by atoms with Gasteiger partial charge in [-0.05, 0) is 81.3 Å². The van der Waals surface area contributed by atoms with Crippen LogP contribution in [0.25, 0.3) is 0 Å². The monoisotopic (exact) mass is 382 g/mol. The molecule has 1 unspecified atom stereocenters. The Labute approximate surface area is 170 Å². The minimum Gasteiger partial charge on any atom is -0.490 e. The van der Waals surface area contributed by atoms with Gasteiger partial charge in [-0.3, -0.25) is 0 Å². The van der Waals surface area contributed by atoms with Gasteiger partial charge in [-0.25, -0.2) is 0 Å². The lowest BCUT2D eigenvalue weighted by Crippen LogP contribution is -2.16. The molecule has 1 atom stereocenters. The second-order valence-corrected chi connectivity index (χ2v) is 8.09. The molecule has 1 saturated carbocycles. The first kappa shape index (κ1) is 20.7. The number of hydrogen-bond donors (Lipinski definition) is 0. The number of ether oxygens (including phenoxy) is 3. The topological polar surface area (TPSA) is 27.7 Å². The van der Waals surface area contributed by atoms with Gasteiger partial charge >= 0.3 is 0 Å². The summed E-state index contributed by atoms with van der Waals surface area (Å²) in [5, 5.41) is 0. The molecule has 3 nitrogen and oxygen atoms in total. The van der Waals surface area contributed by atoms with Gasteiger partial charge in [-0.15, -0.1) is 0 Å². The molecule has 28 heavy (non-hydrogen) atoms. The Balaban J connectivity index is 1.40. The molecule has 0 radical (unpaired) electrons. The highest BCUT2D eigenvalue weighted by Gasteiger charge is 2.16. The lowest BCUT2D eigenvalue weighted by Gasteiger charge is -2.16. The van der Waals surface area contributed by atoms with Crippen LogP contribution in [-0.2, 0) is 11.2 Å². The van der Waals surface area contributed by atoms with Crippen molar-refractivity contribution in [2.75, 3.05) is 13.2 Å². The van der Waals surface area contributed by atoms with Gasteiger partial charge in [-0.2, -0.15) is 0 Å². The first-order valence-corrected chi connectivity index (χ1v) is 10.7. The van der Waals surface area contributed by atoms with E-state index in [-0.39, 0.29) is 12.2 Å². The van der Waals surface area contributed by atoms with Gasteiger partial charge in [0.1, 0.15) is 24.7 Å². The molecular weight excluding hydrogens is 348 g/mol. The van der Waals surface area contributed by atoms with Gasteiger partial charge < -0.3 is 14.2 Å². The average Bonchev–Trinajstić information content (AvgIpc) is 3.20.